The molecule has 0 fully saturated rings. The minimum Gasteiger partial charge on any atom is -0.478 e. The van der Waals surface area contributed by atoms with Gasteiger partial charge < -0.3 is 9.84 Å². The molecule has 104 valence electrons. The van der Waals surface area contributed by atoms with Gasteiger partial charge in [0.15, 0.2) is 5.75 Å². The van der Waals surface area contributed by atoms with E-state index < -0.39 is 5.97 Å². The van der Waals surface area contributed by atoms with E-state index in [0.717, 1.165) is 16.5 Å². The van der Waals surface area contributed by atoms with Crippen molar-refractivity contribution in [2.75, 3.05) is 0 Å². The molecule has 6 nitrogen and oxygen atoms in total. The standard InChI is InChI=1S/C15H11N3O3/c1-9-10-4-2-3-5-11(10)14(18-17-9)21-13-8-16-7-6-12(13)15(19)20/h2-8H,1H3,(H,19,20). The number of ether oxygens (including phenoxy) is 1. The Morgan fingerprint density at radius 3 is 2.67 bits per heavy atom. The van der Waals surface area contributed by atoms with E-state index >= 15 is 0 Å². The van der Waals surface area contributed by atoms with Crippen LogP contribution >= 0.6 is 0 Å². The summed E-state index contributed by atoms with van der Waals surface area (Å²) in [5.74, 6) is -0.697. The number of carbonyl (C=O) groups is 1. The number of carboxylic acids is 1. The van der Waals surface area contributed by atoms with E-state index in [1.165, 1.54) is 18.5 Å². The van der Waals surface area contributed by atoms with Crippen molar-refractivity contribution >= 4 is 16.7 Å². The Bertz CT molecular complexity index is 833. The van der Waals surface area contributed by atoms with Gasteiger partial charge in [-0.25, -0.2) is 4.79 Å². The monoisotopic (exact) mass is 281 g/mol. The Kier molecular flexibility index (Phi) is 3.19. The zero-order chi connectivity index (χ0) is 14.8. The Hall–Kier alpha value is -3.02. The number of fused-ring (bicyclic) bond motifs is 1. The van der Waals surface area contributed by atoms with Crippen molar-refractivity contribution in [2.45, 2.75) is 6.92 Å². The third-order valence-electron chi connectivity index (χ3n) is 3.06. The third kappa shape index (κ3) is 2.38. The van der Waals surface area contributed by atoms with E-state index in [0.29, 0.717) is 0 Å². The fourth-order valence-electron chi connectivity index (χ4n) is 2.03. The fourth-order valence-corrected chi connectivity index (χ4v) is 2.03. The fraction of sp³-hybridized carbons (Fsp3) is 0.0667. The normalized spacial score (nSPS) is 10.5. The number of benzene rings is 1. The van der Waals surface area contributed by atoms with Crippen molar-refractivity contribution in [1.82, 2.24) is 15.2 Å². The van der Waals surface area contributed by atoms with Gasteiger partial charge >= 0.3 is 5.97 Å². The largest absolute Gasteiger partial charge is 0.478 e. The number of rotatable bonds is 3. The first-order chi connectivity index (χ1) is 10.2. The van der Waals surface area contributed by atoms with E-state index in [1.807, 2.05) is 31.2 Å². The maximum absolute atomic E-state index is 11.2. The second-order valence-electron chi connectivity index (χ2n) is 4.42. The lowest BCUT2D eigenvalue weighted by Crippen LogP contribution is -2.02. The number of carboxylic acid groups (broad SMARTS) is 1. The van der Waals surface area contributed by atoms with Crippen molar-refractivity contribution < 1.29 is 14.6 Å². The number of aromatic nitrogens is 3. The van der Waals surface area contributed by atoms with Gasteiger partial charge in [0.2, 0.25) is 5.88 Å². The van der Waals surface area contributed by atoms with Gasteiger partial charge in [-0.05, 0) is 19.1 Å². The third-order valence-corrected chi connectivity index (χ3v) is 3.06. The van der Waals surface area contributed by atoms with Crippen LogP contribution in [0, 0.1) is 6.92 Å². The first kappa shape index (κ1) is 13.0. The summed E-state index contributed by atoms with van der Waals surface area (Å²) in [7, 11) is 0. The highest BCUT2D eigenvalue weighted by Crippen LogP contribution is 2.29. The molecule has 0 saturated carbocycles. The molecule has 0 saturated heterocycles. The number of aryl methyl sites for hydroxylation is 1. The highest BCUT2D eigenvalue weighted by Gasteiger charge is 2.14. The Labute approximate surface area is 120 Å². The van der Waals surface area contributed by atoms with Crippen molar-refractivity contribution in [2.24, 2.45) is 0 Å². The Balaban J connectivity index is 2.11. The molecule has 1 N–H and O–H groups in total. The first-order valence-corrected chi connectivity index (χ1v) is 6.24. The highest BCUT2D eigenvalue weighted by atomic mass is 16.5. The predicted molar refractivity (Wildman–Crippen MR) is 75.5 cm³/mol. The summed E-state index contributed by atoms with van der Waals surface area (Å²) in [6, 6.07) is 8.89. The van der Waals surface area contributed by atoms with Crippen LogP contribution in [0.4, 0.5) is 0 Å². The van der Waals surface area contributed by atoms with Crippen LogP contribution in [0.15, 0.2) is 42.7 Å². The molecule has 0 unspecified atom stereocenters. The van der Waals surface area contributed by atoms with Crippen LogP contribution in [-0.4, -0.2) is 26.3 Å². The molecule has 1 aromatic carbocycles. The predicted octanol–water partition coefficient (Wildman–Crippen LogP) is 2.82. The van der Waals surface area contributed by atoms with Crippen LogP contribution in [0.5, 0.6) is 11.6 Å². The molecule has 0 spiro atoms. The molecular formula is C15H11N3O3. The average molecular weight is 281 g/mol. The van der Waals surface area contributed by atoms with Gasteiger partial charge in [-0.3, -0.25) is 4.98 Å². The highest BCUT2D eigenvalue weighted by molar-refractivity contribution is 5.91. The van der Waals surface area contributed by atoms with Crippen molar-refractivity contribution in [3.8, 4) is 11.6 Å². The Morgan fingerprint density at radius 1 is 1.14 bits per heavy atom. The Morgan fingerprint density at radius 2 is 1.90 bits per heavy atom. The molecule has 0 bridgehead atoms. The minimum atomic E-state index is -1.09. The van der Waals surface area contributed by atoms with Crippen LogP contribution in [0.3, 0.4) is 0 Å². The van der Waals surface area contributed by atoms with Crippen LogP contribution in [0.25, 0.3) is 10.8 Å². The average Bonchev–Trinajstić information content (AvgIpc) is 2.51. The number of hydrogen-bond donors (Lipinski definition) is 1. The van der Waals surface area contributed by atoms with Crippen LogP contribution in [0.2, 0.25) is 0 Å². The van der Waals surface area contributed by atoms with E-state index in [4.69, 9.17) is 9.84 Å². The van der Waals surface area contributed by atoms with Gasteiger partial charge in [0.05, 0.1) is 11.9 Å². The molecule has 6 heteroatoms. The summed E-state index contributed by atoms with van der Waals surface area (Å²) in [4.78, 5) is 15.1. The zero-order valence-corrected chi connectivity index (χ0v) is 11.1. The van der Waals surface area contributed by atoms with Gasteiger partial charge in [0.1, 0.15) is 5.56 Å². The van der Waals surface area contributed by atoms with E-state index in [2.05, 4.69) is 15.2 Å². The lowest BCUT2D eigenvalue weighted by atomic mass is 10.1. The van der Waals surface area contributed by atoms with Crippen LogP contribution in [0.1, 0.15) is 16.1 Å². The summed E-state index contributed by atoms with van der Waals surface area (Å²) in [5, 5.41) is 18.9. The maximum Gasteiger partial charge on any atom is 0.339 e. The van der Waals surface area contributed by atoms with E-state index in [-0.39, 0.29) is 17.2 Å². The van der Waals surface area contributed by atoms with Gasteiger partial charge in [-0.1, -0.05) is 18.2 Å². The van der Waals surface area contributed by atoms with Crippen LogP contribution < -0.4 is 4.74 Å². The topological polar surface area (TPSA) is 85.2 Å². The van der Waals surface area contributed by atoms with Crippen molar-refractivity contribution in [1.29, 1.82) is 0 Å². The lowest BCUT2D eigenvalue weighted by molar-refractivity contribution is 0.0694. The molecule has 0 amide bonds. The summed E-state index contributed by atoms with van der Waals surface area (Å²) in [6.45, 7) is 1.85. The quantitative estimate of drug-likeness (QED) is 0.794. The molecule has 0 radical (unpaired) electrons. The molecule has 2 aromatic heterocycles. The van der Waals surface area contributed by atoms with E-state index in [9.17, 15) is 4.79 Å². The number of nitrogens with zero attached hydrogens (tertiary/aromatic N) is 3. The zero-order valence-electron chi connectivity index (χ0n) is 11.1. The molecule has 2 heterocycles. The molecule has 21 heavy (non-hydrogen) atoms. The van der Waals surface area contributed by atoms with Gasteiger partial charge in [0.25, 0.3) is 0 Å². The van der Waals surface area contributed by atoms with Gasteiger partial charge in [-0.2, -0.15) is 5.10 Å². The van der Waals surface area contributed by atoms with Crippen LogP contribution in [-0.2, 0) is 0 Å². The number of aromatic carboxylic acids is 1. The van der Waals surface area contributed by atoms with Crippen molar-refractivity contribution in [3.63, 3.8) is 0 Å². The molecule has 0 aliphatic rings. The SMILES string of the molecule is Cc1nnc(Oc2cnccc2C(=O)O)c2ccccc12. The lowest BCUT2D eigenvalue weighted by Gasteiger charge is -2.09. The number of hydrogen-bond acceptors (Lipinski definition) is 5. The molecule has 0 atom stereocenters. The smallest absolute Gasteiger partial charge is 0.339 e. The molecule has 0 aliphatic heterocycles. The van der Waals surface area contributed by atoms with Crippen molar-refractivity contribution in [3.05, 3.63) is 54.0 Å². The van der Waals surface area contributed by atoms with E-state index in [1.54, 1.807) is 0 Å². The maximum atomic E-state index is 11.2. The molecule has 3 rings (SSSR count). The minimum absolute atomic E-state index is 0.0245. The summed E-state index contributed by atoms with van der Waals surface area (Å²) < 4.78 is 5.62. The number of pyridine rings is 1. The summed E-state index contributed by atoms with van der Waals surface area (Å²) >= 11 is 0. The summed E-state index contributed by atoms with van der Waals surface area (Å²) in [6.07, 6.45) is 2.75. The van der Waals surface area contributed by atoms with Gasteiger partial charge in [-0.15, -0.1) is 5.10 Å². The molecule has 3 aromatic rings. The van der Waals surface area contributed by atoms with Gasteiger partial charge in [0, 0.05) is 17.0 Å². The summed E-state index contributed by atoms with van der Waals surface area (Å²) in [5.41, 5.74) is 0.805. The first-order valence-electron chi connectivity index (χ1n) is 6.24. The molecular weight excluding hydrogens is 270 g/mol. The molecule has 0 aliphatic carbocycles. The second-order valence-corrected chi connectivity index (χ2v) is 4.42. The second kappa shape index (κ2) is 5.16.